The first-order valence-corrected chi connectivity index (χ1v) is 8.74. The Balaban J connectivity index is 1.50. The summed E-state index contributed by atoms with van der Waals surface area (Å²) in [6, 6.07) is 12.7. The maximum Gasteiger partial charge on any atom is 0.255 e. The van der Waals surface area contributed by atoms with Crippen LogP contribution in [0.4, 0.5) is 10.2 Å². The van der Waals surface area contributed by atoms with E-state index in [1.807, 2.05) is 35.2 Å². The zero-order valence-electron chi connectivity index (χ0n) is 14.6. The fourth-order valence-electron chi connectivity index (χ4n) is 3.17. The lowest BCUT2D eigenvalue weighted by molar-refractivity contribution is 0.0746. The molecule has 27 heavy (non-hydrogen) atoms. The third-order valence-electron chi connectivity index (χ3n) is 4.59. The summed E-state index contributed by atoms with van der Waals surface area (Å²) in [6.45, 7) is 2.01. The van der Waals surface area contributed by atoms with Crippen LogP contribution in [0.15, 0.2) is 61.2 Å². The van der Waals surface area contributed by atoms with Crippen molar-refractivity contribution in [2.24, 2.45) is 0 Å². The molecule has 2 aromatic heterocycles. The van der Waals surface area contributed by atoms with Gasteiger partial charge in [-0.15, -0.1) is 0 Å². The highest BCUT2D eigenvalue weighted by Gasteiger charge is 2.25. The molecule has 3 aromatic rings. The second-order valence-electron chi connectivity index (χ2n) is 6.25. The number of halogens is 1. The first-order valence-electron chi connectivity index (χ1n) is 8.74. The Labute approximate surface area is 156 Å². The van der Waals surface area contributed by atoms with Crippen molar-refractivity contribution in [3.05, 3.63) is 72.6 Å². The molecule has 1 aliphatic heterocycles. The second kappa shape index (κ2) is 7.49. The molecule has 1 saturated heterocycles. The molecule has 7 heteroatoms. The maximum absolute atomic E-state index is 15.0. The van der Waals surface area contributed by atoms with E-state index in [0.29, 0.717) is 37.3 Å². The largest absolute Gasteiger partial charge is 0.351 e. The summed E-state index contributed by atoms with van der Waals surface area (Å²) in [5.41, 5.74) is 1.56. The van der Waals surface area contributed by atoms with E-state index in [4.69, 9.17) is 0 Å². The predicted octanol–water partition coefficient (Wildman–Crippen LogP) is 2.64. The molecule has 4 rings (SSSR count). The number of rotatable bonds is 3. The van der Waals surface area contributed by atoms with Crippen molar-refractivity contribution in [3.8, 4) is 11.3 Å². The smallest absolute Gasteiger partial charge is 0.255 e. The van der Waals surface area contributed by atoms with Crippen LogP contribution >= 0.6 is 0 Å². The van der Waals surface area contributed by atoms with Gasteiger partial charge < -0.3 is 9.80 Å². The number of nitrogens with zero attached hydrogens (tertiary/aromatic N) is 5. The van der Waals surface area contributed by atoms with Crippen molar-refractivity contribution >= 4 is 11.7 Å². The number of pyridine rings is 1. The zero-order chi connectivity index (χ0) is 18.6. The molecule has 1 aliphatic rings. The van der Waals surface area contributed by atoms with Crippen molar-refractivity contribution in [1.82, 2.24) is 19.9 Å². The summed E-state index contributed by atoms with van der Waals surface area (Å²) in [6.07, 6.45) is 4.58. The molecule has 3 heterocycles. The fourth-order valence-corrected chi connectivity index (χ4v) is 3.17. The molecule has 0 unspecified atom stereocenters. The first-order chi connectivity index (χ1) is 13.2. The van der Waals surface area contributed by atoms with Crippen LogP contribution < -0.4 is 4.90 Å². The van der Waals surface area contributed by atoms with E-state index in [0.717, 1.165) is 0 Å². The van der Waals surface area contributed by atoms with E-state index in [1.165, 1.54) is 6.33 Å². The number of anilines is 1. The van der Waals surface area contributed by atoms with Crippen LogP contribution in [0.2, 0.25) is 0 Å². The van der Waals surface area contributed by atoms with Gasteiger partial charge in [0.05, 0.1) is 5.56 Å². The number of amides is 1. The van der Waals surface area contributed by atoms with E-state index in [-0.39, 0.29) is 17.4 Å². The highest BCUT2D eigenvalue weighted by atomic mass is 19.1. The molecule has 0 spiro atoms. The number of hydrogen-bond donors (Lipinski definition) is 0. The van der Waals surface area contributed by atoms with Gasteiger partial charge in [0.2, 0.25) is 0 Å². The number of piperazine rings is 1. The maximum atomic E-state index is 15.0. The van der Waals surface area contributed by atoms with Gasteiger partial charge in [-0.3, -0.25) is 9.78 Å². The predicted molar refractivity (Wildman–Crippen MR) is 99.8 cm³/mol. The Bertz CT molecular complexity index is 928. The third kappa shape index (κ3) is 3.48. The highest BCUT2D eigenvalue weighted by Crippen LogP contribution is 2.26. The van der Waals surface area contributed by atoms with Crippen molar-refractivity contribution in [1.29, 1.82) is 0 Å². The van der Waals surface area contributed by atoms with Crippen LogP contribution in [0.3, 0.4) is 0 Å². The first kappa shape index (κ1) is 17.1. The Morgan fingerprint density at radius 2 is 1.74 bits per heavy atom. The third-order valence-corrected chi connectivity index (χ3v) is 4.59. The van der Waals surface area contributed by atoms with Gasteiger partial charge in [-0.05, 0) is 12.1 Å². The Morgan fingerprint density at radius 1 is 0.963 bits per heavy atom. The lowest BCUT2D eigenvalue weighted by Gasteiger charge is -2.35. The Hall–Kier alpha value is -3.35. The van der Waals surface area contributed by atoms with E-state index in [9.17, 15) is 4.79 Å². The van der Waals surface area contributed by atoms with Gasteiger partial charge in [-0.25, -0.2) is 14.4 Å². The second-order valence-corrected chi connectivity index (χ2v) is 6.25. The lowest BCUT2D eigenvalue weighted by Crippen LogP contribution is -2.49. The van der Waals surface area contributed by atoms with E-state index < -0.39 is 5.82 Å². The summed E-state index contributed by atoms with van der Waals surface area (Å²) in [5, 5.41) is 0. The fraction of sp³-hybridized carbons (Fsp3) is 0.200. The van der Waals surface area contributed by atoms with Gasteiger partial charge in [0.15, 0.2) is 11.6 Å². The minimum atomic E-state index is -0.435. The average Bonchev–Trinajstić information content (AvgIpc) is 2.75. The molecule has 6 nitrogen and oxygen atoms in total. The number of carbonyl (C=O) groups excluding carboxylic acids is 1. The lowest BCUT2D eigenvalue weighted by atomic mass is 10.1. The summed E-state index contributed by atoms with van der Waals surface area (Å²) < 4.78 is 15.0. The molecule has 0 saturated carbocycles. The van der Waals surface area contributed by atoms with E-state index in [2.05, 4.69) is 15.0 Å². The van der Waals surface area contributed by atoms with E-state index in [1.54, 1.807) is 29.4 Å². The summed E-state index contributed by atoms with van der Waals surface area (Å²) in [7, 11) is 0. The zero-order valence-corrected chi connectivity index (χ0v) is 14.6. The molecule has 0 aliphatic carbocycles. The summed E-state index contributed by atoms with van der Waals surface area (Å²) >= 11 is 0. The van der Waals surface area contributed by atoms with Gasteiger partial charge in [-0.1, -0.05) is 30.3 Å². The molecule has 0 bridgehead atoms. The van der Waals surface area contributed by atoms with Gasteiger partial charge >= 0.3 is 0 Å². The number of aromatic nitrogens is 3. The van der Waals surface area contributed by atoms with E-state index >= 15 is 4.39 Å². The van der Waals surface area contributed by atoms with Crippen LogP contribution in [0.5, 0.6) is 0 Å². The van der Waals surface area contributed by atoms with Gasteiger partial charge in [0, 0.05) is 44.1 Å². The Morgan fingerprint density at radius 3 is 2.44 bits per heavy atom. The molecule has 1 aromatic carbocycles. The highest BCUT2D eigenvalue weighted by molar-refractivity contribution is 5.94. The quantitative estimate of drug-likeness (QED) is 0.716. The standard InChI is InChI=1S/C20H18FN5O/c21-17-18(15-5-2-1-3-6-15)23-14-24-19(17)25-9-11-26(12-10-25)20(27)16-7-4-8-22-13-16/h1-8,13-14H,9-12H2. The molecule has 136 valence electrons. The van der Waals surface area contributed by atoms with Crippen molar-refractivity contribution in [2.45, 2.75) is 0 Å². The Kier molecular flexibility index (Phi) is 4.74. The summed E-state index contributed by atoms with van der Waals surface area (Å²) in [5.74, 6) is -0.219. The molecule has 0 radical (unpaired) electrons. The normalized spacial score (nSPS) is 14.3. The molecular weight excluding hydrogens is 345 g/mol. The SMILES string of the molecule is O=C(c1cccnc1)N1CCN(c2ncnc(-c3ccccc3)c2F)CC1. The van der Waals surface area contributed by atoms with Gasteiger partial charge in [0.25, 0.3) is 5.91 Å². The minimum Gasteiger partial charge on any atom is -0.351 e. The summed E-state index contributed by atoms with van der Waals surface area (Å²) in [4.78, 5) is 28.4. The van der Waals surface area contributed by atoms with Gasteiger partial charge in [-0.2, -0.15) is 0 Å². The number of carbonyl (C=O) groups is 1. The topological polar surface area (TPSA) is 62.2 Å². The van der Waals surface area contributed by atoms with Crippen LogP contribution in [0.25, 0.3) is 11.3 Å². The van der Waals surface area contributed by atoms with Crippen molar-refractivity contribution < 1.29 is 9.18 Å². The average molecular weight is 363 g/mol. The minimum absolute atomic E-state index is 0.0594. The van der Waals surface area contributed by atoms with Crippen molar-refractivity contribution in [2.75, 3.05) is 31.1 Å². The monoisotopic (exact) mass is 363 g/mol. The molecule has 0 N–H and O–H groups in total. The molecule has 0 atom stereocenters. The molecule has 1 amide bonds. The molecule has 1 fully saturated rings. The van der Waals surface area contributed by atoms with Crippen molar-refractivity contribution in [3.63, 3.8) is 0 Å². The van der Waals surface area contributed by atoms with Gasteiger partial charge in [0.1, 0.15) is 12.0 Å². The number of hydrogen-bond acceptors (Lipinski definition) is 5. The van der Waals surface area contributed by atoms with Crippen LogP contribution in [0, 0.1) is 5.82 Å². The van der Waals surface area contributed by atoms with Crippen LogP contribution in [0.1, 0.15) is 10.4 Å². The molecular formula is C20H18FN5O. The van der Waals surface area contributed by atoms with Crippen LogP contribution in [-0.4, -0.2) is 51.9 Å². The number of benzene rings is 1. The van der Waals surface area contributed by atoms with Crippen LogP contribution in [-0.2, 0) is 0 Å².